The van der Waals surface area contributed by atoms with Crippen molar-refractivity contribution in [1.82, 2.24) is 0 Å². The number of hydrazone groups is 1. The lowest BCUT2D eigenvalue weighted by Crippen LogP contribution is -2.32. The molecule has 1 aliphatic heterocycles. The highest BCUT2D eigenvalue weighted by atomic mass is 127. The van der Waals surface area contributed by atoms with Crippen molar-refractivity contribution in [3.05, 3.63) is 61.9 Å². The number of rotatable bonds is 1. The molecule has 0 saturated carbocycles. The lowest BCUT2D eigenvalue weighted by molar-refractivity contribution is 0.627. The minimum atomic E-state index is -0.470. The smallest absolute Gasteiger partial charge is 0.154 e. The molecule has 3 rings (SSSR count). The number of hydrogen-bond donors (Lipinski definition) is 1. The van der Waals surface area contributed by atoms with Crippen molar-refractivity contribution in [3.8, 4) is 0 Å². The van der Waals surface area contributed by atoms with Gasteiger partial charge < -0.3 is 10.7 Å². The Bertz CT molecular complexity index is 835. The molecule has 2 aromatic rings. The van der Waals surface area contributed by atoms with Gasteiger partial charge in [-0.15, -0.1) is 0 Å². The Morgan fingerprint density at radius 2 is 2.13 bits per heavy atom. The summed E-state index contributed by atoms with van der Waals surface area (Å²) in [5.41, 5.74) is 2.49. The fraction of sp³-hybridized carbons (Fsp3) is 0.125. The number of amidine groups is 2. The standard InChI is InChI=1S/C16H13ClFIN4/c1-23(11-4-2-3-10(19)7-11)16-12-8-14(18)13(17)5-9(12)6-15(21-16)22-20/h2-5,7-8H,6,20H2,1H3/b22-15+. The van der Waals surface area contributed by atoms with Gasteiger partial charge in [0.25, 0.3) is 0 Å². The summed E-state index contributed by atoms with van der Waals surface area (Å²) >= 11 is 8.14. The van der Waals surface area contributed by atoms with E-state index in [2.05, 4.69) is 32.7 Å². The molecule has 1 heterocycles. The zero-order valence-electron chi connectivity index (χ0n) is 12.2. The van der Waals surface area contributed by atoms with Crippen LogP contribution in [0.15, 0.2) is 46.5 Å². The van der Waals surface area contributed by atoms with Crippen LogP contribution < -0.4 is 10.7 Å². The number of nitrogens with zero attached hydrogens (tertiary/aromatic N) is 3. The zero-order chi connectivity index (χ0) is 16.6. The summed E-state index contributed by atoms with van der Waals surface area (Å²) in [5, 5.41) is 3.79. The number of nitrogens with two attached hydrogens (primary N) is 1. The highest BCUT2D eigenvalue weighted by Gasteiger charge is 2.23. The third kappa shape index (κ3) is 3.18. The van der Waals surface area contributed by atoms with Gasteiger partial charge in [0.2, 0.25) is 0 Å². The molecule has 2 N–H and O–H groups in total. The van der Waals surface area contributed by atoms with Gasteiger partial charge in [0.15, 0.2) is 5.84 Å². The Hall–Kier alpha value is -1.67. The van der Waals surface area contributed by atoms with E-state index < -0.39 is 5.82 Å². The molecule has 1 aliphatic rings. The lowest BCUT2D eigenvalue weighted by atomic mass is 9.99. The molecule has 7 heteroatoms. The van der Waals surface area contributed by atoms with Crippen molar-refractivity contribution in [2.24, 2.45) is 15.9 Å². The summed E-state index contributed by atoms with van der Waals surface area (Å²) in [6.07, 6.45) is 0.426. The first-order valence-electron chi connectivity index (χ1n) is 6.82. The van der Waals surface area contributed by atoms with Gasteiger partial charge in [0, 0.05) is 28.3 Å². The average Bonchev–Trinajstić information content (AvgIpc) is 2.54. The monoisotopic (exact) mass is 442 g/mol. The first-order chi connectivity index (χ1) is 11.0. The van der Waals surface area contributed by atoms with E-state index >= 15 is 0 Å². The summed E-state index contributed by atoms with van der Waals surface area (Å²) in [6.45, 7) is 0. The SMILES string of the molecule is CN(C1=N/C(=N/N)Cc2cc(Cl)c(F)cc21)c1cccc(I)c1. The number of fused-ring (bicyclic) bond motifs is 1. The molecule has 0 bridgehead atoms. The molecule has 0 aliphatic carbocycles. The maximum absolute atomic E-state index is 13.9. The summed E-state index contributed by atoms with van der Waals surface area (Å²) in [5.74, 6) is 6.01. The molecule has 0 saturated heterocycles. The van der Waals surface area contributed by atoms with Crippen molar-refractivity contribution >= 4 is 51.6 Å². The molecule has 0 radical (unpaired) electrons. The Labute approximate surface area is 152 Å². The molecule has 0 aromatic heterocycles. The molecular formula is C16H13ClFIN4. The largest absolute Gasteiger partial charge is 0.329 e. The second kappa shape index (κ2) is 6.45. The first-order valence-corrected chi connectivity index (χ1v) is 8.28. The predicted molar refractivity (Wildman–Crippen MR) is 101 cm³/mol. The Morgan fingerprint density at radius 3 is 2.83 bits per heavy atom. The van der Waals surface area contributed by atoms with Gasteiger partial charge in [-0.3, -0.25) is 0 Å². The Morgan fingerprint density at radius 1 is 1.35 bits per heavy atom. The summed E-state index contributed by atoms with van der Waals surface area (Å²) < 4.78 is 15.0. The van der Waals surface area contributed by atoms with Gasteiger partial charge in [-0.05, 0) is 58.5 Å². The number of benzene rings is 2. The summed E-state index contributed by atoms with van der Waals surface area (Å²) in [6, 6.07) is 11.0. The van der Waals surface area contributed by atoms with E-state index in [0.29, 0.717) is 23.7 Å². The quantitative estimate of drug-likeness (QED) is 0.415. The van der Waals surface area contributed by atoms with E-state index in [-0.39, 0.29) is 5.02 Å². The highest BCUT2D eigenvalue weighted by Crippen LogP contribution is 2.27. The van der Waals surface area contributed by atoms with Crippen molar-refractivity contribution in [3.63, 3.8) is 0 Å². The topological polar surface area (TPSA) is 54.0 Å². The minimum absolute atomic E-state index is 0.0817. The third-order valence-corrected chi connectivity index (χ3v) is 4.59. The number of halogens is 3. The number of hydrogen-bond acceptors (Lipinski definition) is 3. The van der Waals surface area contributed by atoms with Crippen LogP contribution in [0.3, 0.4) is 0 Å². The minimum Gasteiger partial charge on any atom is -0.329 e. The van der Waals surface area contributed by atoms with Crippen molar-refractivity contribution in [1.29, 1.82) is 0 Å². The molecule has 4 nitrogen and oxygen atoms in total. The lowest BCUT2D eigenvalue weighted by Gasteiger charge is -2.26. The molecule has 0 fully saturated rings. The van der Waals surface area contributed by atoms with E-state index in [9.17, 15) is 4.39 Å². The van der Waals surface area contributed by atoms with E-state index in [0.717, 1.165) is 14.8 Å². The van der Waals surface area contributed by atoms with Crippen molar-refractivity contribution in [2.75, 3.05) is 11.9 Å². The Balaban J connectivity index is 2.13. The normalized spacial score (nSPS) is 15.3. The van der Waals surface area contributed by atoms with E-state index in [1.165, 1.54) is 6.07 Å². The molecule has 0 spiro atoms. The highest BCUT2D eigenvalue weighted by molar-refractivity contribution is 14.1. The van der Waals surface area contributed by atoms with Crippen LogP contribution in [0.1, 0.15) is 11.1 Å². The maximum Gasteiger partial charge on any atom is 0.154 e. The second-order valence-electron chi connectivity index (χ2n) is 5.12. The average molecular weight is 443 g/mol. The van der Waals surface area contributed by atoms with Gasteiger partial charge in [0.05, 0.1) is 5.02 Å². The van der Waals surface area contributed by atoms with Crippen LogP contribution in [0, 0.1) is 9.39 Å². The number of anilines is 1. The first kappa shape index (κ1) is 16.2. The van der Waals surface area contributed by atoms with E-state index in [1.54, 1.807) is 6.07 Å². The summed E-state index contributed by atoms with van der Waals surface area (Å²) in [4.78, 5) is 6.36. The predicted octanol–water partition coefficient (Wildman–Crippen LogP) is 3.80. The fourth-order valence-electron chi connectivity index (χ4n) is 2.47. The van der Waals surface area contributed by atoms with Crippen LogP contribution >= 0.6 is 34.2 Å². The second-order valence-corrected chi connectivity index (χ2v) is 6.77. The molecule has 0 atom stereocenters. The molecule has 118 valence electrons. The molecular weight excluding hydrogens is 430 g/mol. The van der Waals surface area contributed by atoms with Gasteiger partial charge in [0.1, 0.15) is 11.7 Å². The molecule has 23 heavy (non-hydrogen) atoms. The van der Waals surface area contributed by atoms with Gasteiger partial charge >= 0.3 is 0 Å². The van der Waals surface area contributed by atoms with Crippen LogP contribution in [0.5, 0.6) is 0 Å². The number of aliphatic imine (C=N–C) groups is 1. The Kier molecular flexibility index (Phi) is 4.54. The third-order valence-electron chi connectivity index (χ3n) is 3.63. The van der Waals surface area contributed by atoms with Crippen molar-refractivity contribution < 1.29 is 4.39 Å². The fourth-order valence-corrected chi connectivity index (χ4v) is 3.18. The molecule has 2 aromatic carbocycles. The van der Waals surface area contributed by atoms with Crippen LogP contribution in [-0.4, -0.2) is 18.7 Å². The van der Waals surface area contributed by atoms with Crippen molar-refractivity contribution in [2.45, 2.75) is 6.42 Å². The van der Waals surface area contributed by atoms with Crippen LogP contribution in [0.2, 0.25) is 5.02 Å². The van der Waals surface area contributed by atoms with Crippen LogP contribution in [-0.2, 0) is 6.42 Å². The molecule has 0 amide bonds. The van der Waals surface area contributed by atoms with Gasteiger partial charge in [-0.25, -0.2) is 9.38 Å². The van der Waals surface area contributed by atoms with Gasteiger partial charge in [-0.1, -0.05) is 17.7 Å². The van der Waals surface area contributed by atoms with E-state index in [4.69, 9.17) is 17.4 Å². The van der Waals surface area contributed by atoms with Crippen LogP contribution in [0.4, 0.5) is 10.1 Å². The van der Waals surface area contributed by atoms with Crippen LogP contribution in [0.25, 0.3) is 0 Å². The molecule has 0 unspecified atom stereocenters. The maximum atomic E-state index is 13.9. The van der Waals surface area contributed by atoms with E-state index in [1.807, 2.05) is 36.2 Å². The van der Waals surface area contributed by atoms with Gasteiger partial charge in [-0.2, -0.15) is 5.10 Å². The zero-order valence-corrected chi connectivity index (χ0v) is 15.1. The summed E-state index contributed by atoms with van der Waals surface area (Å²) in [7, 11) is 1.87.